The lowest BCUT2D eigenvalue weighted by Crippen LogP contribution is -2.44. The van der Waals surface area contributed by atoms with Crippen LogP contribution in [-0.4, -0.2) is 56.4 Å². The topological polar surface area (TPSA) is 86.5 Å². The van der Waals surface area contributed by atoms with Gasteiger partial charge in [0.25, 0.3) is 0 Å². The third kappa shape index (κ3) is 4.07. The Morgan fingerprint density at radius 3 is 2.60 bits per heavy atom. The molecule has 0 bridgehead atoms. The van der Waals surface area contributed by atoms with E-state index < -0.39 is 11.7 Å². The van der Waals surface area contributed by atoms with Crippen molar-refractivity contribution < 1.29 is 19.1 Å². The average Bonchev–Trinajstić information content (AvgIpc) is 2.98. The highest BCUT2D eigenvalue weighted by Crippen LogP contribution is 2.19. The first-order chi connectivity index (χ1) is 11.8. The van der Waals surface area contributed by atoms with Gasteiger partial charge < -0.3 is 14.4 Å². The van der Waals surface area contributed by atoms with Crippen LogP contribution in [0.1, 0.15) is 33.6 Å². The van der Waals surface area contributed by atoms with Crippen LogP contribution in [-0.2, 0) is 9.47 Å². The molecule has 0 aliphatic carbocycles. The van der Waals surface area contributed by atoms with Gasteiger partial charge in [-0.3, -0.25) is 0 Å². The van der Waals surface area contributed by atoms with Gasteiger partial charge in [-0.1, -0.05) is 0 Å². The summed E-state index contributed by atoms with van der Waals surface area (Å²) in [4.78, 5) is 34.1. The van der Waals surface area contributed by atoms with Crippen molar-refractivity contribution in [2.45, 2.75) is 45.3 Å². The van der Waals surface area contributed by atoms with E-state index in [9.17, 15) is 9.59 Å². The highest BCUT2D eigenvalue weighted by atomic mass is 16.6. The smallest absolute Gasteiger partial charge is 0.419 e. The molecular weight excluding hydrogens is 324 g/mol. The zero-order valence-electron chi connectivity index (χ0n) is 14.6. The molecule has 0 radical (unpaired) electrons. The molecule has 8 nitrogen and oxygen atoms in total. The quantitative estimate of drug-likeness (QED) is 0.789. The first kappa shape index (κ1) is 17.2. The molecule has 134 valence electrons. The number of hydrogen-bond acceptors (Lipinski definition) is 6. The van der Waals surface area contributed by atoms with E-state index in [4.69, 9.17) is 9.47 Å². The van der Waals surface area contributed by atoms with Gasteiger partial charge in [0.1, 0.15) is 18.0 Å². The van der Waals surface area contributed by atoms with Gasteiger partial charge in [-0.15, -0.1) is 0 Å². The van der Waals surface area contributed by atoms with E-state index in [0.717, 1.165) is 5.39 Å². The molecule has 0 N–H and O–H groups in total. The van der Waals surface area contributed by atoms with E-state index in [-0.39, 0.29) is 12.2 Å². The molecular formula is C17H22N4O4. The van der Waals surface area contributed by atoms with Gasteiger partial charge in [0, 0.05) is 43.7 Å². The molecule has 1 fully saturated rings. The van der Waals surface area contributed by atoms with Crippen LogP contribution in [0.4, 0.5) is 9.59 Å². The van der Waals surface area contributed by atoms with Gasteiger partial charge >= 0.3 is 12.2 Å². The van der Waals surface area contributed by atoms with Crippen LogP contribution in [0.15, 0.2) is 24.8 Å². The SMILES string of the molecule is CC(C)(C)OC(=O)N1CCC(OC(=O)n2ccc3cncnc32)CC1. The fraction of sp³-hybridized carbons (Fsp3) is 0.529. The van der Waals surface area contributed by atoms with Crippen LogP contribution in [0.3, 0.4) is 0 Å². The van der Waals surface area contributed by atoms with Gasteiger partial charge in [0.15, 0.2) is 5.65 Å². The lowest BCUT2D eigenvalue weighted by atomic mass is 10.1. The zero-order chi connectivity index (χ0) is 18.0. The summed E-state index contributed by atoms with van der Waals surface area (Å²) in [5, 5.41) is 0.777. The molecule has 25 heavy (non-hydrogen) atoms. The van der Waals surface area contributed by atoms with E-state index in [1.807, 2.05) is 20.8 Å². The summed E-state index contributed by atoms with van der Waals surface area (Å²) in [5.74, 6) is 0. The number of fused-ring (bicyclic) bond motifs is 1. The molecule has 2 aromatic heterocycles. The van der Waals surface area contributed by atoms with Gasteiger partial charge in [-0.25, -0.2) is 24.1 Å². The second-order valence-electron chi connectivity index (χ2n) is 7.04. The predicted molar refractivity (Wildman–Crippen MR) is 90.2 cm³/mol. The minimum absolute atomic E-state index is 0.231. The van der Waals surface area contributed by atoms with Crippen LogP contribution in [0.2, 0.25) is 0 Å². The molecule has 2 aromatic rings. The Balaban J connectivity index is 1.55. The Hall–Kier alpha value is -2.64. The van der Waals surface area contributed by atoms with Gasteiger partial charge in [0.05, 0.1) is 0 Å². The summed E-state index contributed by atoms with van der Waals surface area (Å²) in [6.07, 6.45) is 4.80. The lowest BCUT2D eigenvalue weighted by Gasteiger charge is -2.33. The van der Waals surface area contributed by atoms with E-state index in [1.165, 1.54) is 10.9 Å². The number of likely N-dealkylation sites (tertiary alicyclic amines) is 1. The lowest BCUT2D eigenvalue weighted by molar-refractivity contribution is 0.00672. The van der Waals surface area contributed by atoms with Crippen molar-refractivity contribution in [3.8, 4) is 0 Å². The van der Waals surface area contributed by atoms with Crippen molar-refractivity contribution in [2.24, 2.45) is 0 Å². The van der Waals surface area contributed by atoms with Gasteiger partial charge in [0.2, 0.25) is 0 Å². The monoisotopic (exact) mass is 346 g/mol. The van der Waals surface area contributed by atoms with Crippen molar-refractivity contribution in [3.05, 3.63) is 24.8 Å². The van der Waals surface area contributed by atoms with E-state index in [1.54, 1.807) is 23.4 Å². The maximum absolute atomic E-state index is 12.4. The summed E-state index contributed by atoms with van der Waals surface area (Å²) in [7, 11) is 0. The summed E-state index contributed by atoms with van der Waals surface area (Å²) in [6.45, 7) is 6.52. The van der Waals surface area contributed by atoms with E-state index >= 15 is 0 Å². The Kier molecular flexibility index (Phi) is 4.61. The van der Waals surface area contributed by atoms with Crippen LogP contribution < -0.4 is 0 Å². The number of carbonyl (C=O) groups excluding carboxylic acids is 2. The number of piperidine rings is 1. The molecule has 0 aromatic carbocycles. The number of hydrogen-bond donors (Lipinski definition) is 0. The largest absolute Gasteiger partial charge is 0.445 e. The molecule has 0 unspecified atom stereocenters. The Morgan fingerprint density at radius 2 is 1.92 bits per heavy atom. The standard InChI is InChI=1S/C17H22N4O4/c1-17(2,3)25-15(22)20-7-5-13(6-8-20)24-16(23)21-9-4-12-10-18-11-19-14(12)21/h4,9-11,13H,5-8H2,1-3H3. The average molecular weight is 346 g/mol. The first-order valence-electron chi connectivity index (χ1n) is 8.29. The van der Waals surface area contributed by atoms with Crippen LogP contribution in [0.25, 0.3) is 11.0 Å². The summed E-state index contributed by atoms with van der Waals surface area (Å²) < 4.78 is 12.3. The number of rotatable bonds is 1. The molecule has 1 aliphatic rings. The van der Waals surface area contributed by atoms with Crippen LogP contribution in [0, 0.1) is 0 Å². The molecule has 1 amide bonds. The molecule has 0 spiro atoms. The number of carbonyl (C=O) groups is 2. The van der Waals surface area contributed by atoms with Crippen molar-refractivity contribution in [2.75, 3.05) is 13.1 Å². The molecule has 0 atom stereocenters. The number of ether oxygens (including phenoxy) is 2. The third-order valence-corrected chi connectivity index (χ3v) is 3.91. The molecule has 1 saturated heterocycles. The molecule has 0 saturated carbocycles. The van der Waals surface area contributed by atoms with Crippen molar-refractivity contribution in [1.82, 2.24) is 19.4 Å². The van der Waals surface area contributed by atoms with E-state index in [2.05, 4.69) is 9.97 Å². The Morgan fingerprint density at radius 1 is 1.20 bits per heavy atom. The van der Waals surface area contributed by atoms with Gasteiger partial charge in [-0.2, -0.15) is 0 Å². The number of aromatic nitrogens is 3. The number of amides is 1. The molecule has 3 rings (SSSR count). The highest BCUT2D eigenvalue weighted by Gasteiger charge is 2.28. The van der Waals surface area contributed by atoms with Crippen molar-refractivity contribution in [1.29, 1.82) is 0 Å². The summed E-state index contributed by atoms with van der Waals surface area (Å²) in [5.41, 5.74) is 0.00348. The van der Waals surface area contributed by atoms with Crippen molar-refractivity contribution in [3.63, 3.8) is 0 Å². The third-order valence-electron chi connectivity index (χ3n) is 3.91. The second-order valence-corrected chi connectivity index (χ2v) is 7.04. The highest BCUT2D eigenvalue weighted by molar-refractivity contribution is 5.86. The van der Waals surface area contributed by atoms with Gasteiger partial charge in [-0.05, 0) is 26.8 Å². The zero-order valence-corrected chi connectivity index (χ0v) is 14.6. The minimum Gasteiger partial charge on any atom is -0.445 e. The van der Waals surface area contributed by atoms with Crippen LogP contribution >= 0.6 is 0 Å². The molecule has 8 heteroatoms. The summed E-state index contributed by atoms with van der Waals surface area (Å²) >= 11 is 0. The minimum atomic E-state index is -0.516. The molecule has 1 aliphatic heterocycles. The fourth-order valence-corrected chi connectivity index (χ4v) is 2.71. The normalized spacial score (nSPS) is 16.0. The predicted octanol–water partition coefficient (Wildman–Crippen LogP) is 2.82. The Labute approximate surface area is 145 Å². The first-order valence-corrected chi connectivity index (χ1v) is 8.29. The van der Waals surface area contributed by atoms with Crippen LogP contribution in [0.5, 0.6) is 0 Å². The summed E-state index contributed by atoms with van der Waals surface area (Å²) in [6, 6.07) is 1.77. The Bertz CT molecular complexity index is 772. The maximum atomic E-state index is 12.4. The molecule has 3 heterocycles. The number of nitrogens with zero attached hydrogens (tertiary/aromatic N) is 4. The van der Waals surface area contributed by atoms with Crippen molar-refractivity contribution >= 4 is 23.2 Å². The maximum Gasteiger partial charge on any atom is 0.419 e. The second kappa shape index (κ2) is 6.70. The fourth-order valence-electron chi connectivity index (χ4n) is 2.71. The van der Waals surface area contributed by atoms with E-state index in [0.29, 0.717) is 31.6 Å².